The third-order valence-corrected chi connectivity index (χ3v) is 3.34. The van der Waals surface area contributed by atoms with E-state index in [0.717, 1.165) is 16.5 Å². The summed E-state index contributed by atoms with van der Waals surface area (Å²) in [6.07, 6.45) is 1.50. The molecule has 0 aliphatic heterocycles. The molecule has 0 radical (unpaired) electrons. The van der Waals surface area contributed by atoms with Crippen molar-refractivity contribution < 1.29 is 5.11 Å². The van der Waals surface area contributed by atoms with Crippen molar-refractivity contribution in [3.63, 3.8) is 0 Å². The van der Waals surface area contributed by atoms with Gasteiger partial charge in [-0.15, -0.1) is 0 Å². The molecule has 1 unspecified atom stereocenters. The Morgan fingerprint density at radius 1 is 0.895 bits per heavy atom. The van der Waals surface area contributed by atoms with Crippen molar-refractivity contribution in [3.8, 4) is 0 Å². The number of hydrogen-bond acceptors (Lipinski definition) is 3. The number of hydrogen-bond donors (Lipinski definition) is 1. The maximum atomic E-state index is 10.9. The highest BCUT2D eigenvalue weighted by Crippen LogP contribution is 2.31. The Morgan fingerprint density at radius 3 is 2.37 bits per heavy atom. The van der Waals surface area contributed by atoms with E-state index in [1.165, 1.54) is 6.33 Å². The van der Waals surface area contributed by atoms with Crippen molar-refractivity contribution in [2.45, 2.75) is 12.5 Å². The highest BCUT2D eigenvalue weighted by molar-refractivity contribution is 5.81. The summed E-state index contributed by atoms with van der Waals surface area (Å²) in [6, 6.07) is 17.3. The van der Waals surface area contributed by atoms with E-state index in [0.29, 0.717) is 5.69 Å². The molecule has 0 saturated carbocycles. The molecule has 2 aromatic carbocycles. The topological polar surface area (TPSA) is 46.0 Å². The number of nitrogens with zero attached hydrogens (tertiary/aromatic N) is 2. The van der Waals surface area contributed by atoms with Crippen LogP contribution < -0.4 is 0 Å². The summed E-state index contributed by atoms with van der Waals surface area (Å²) in [7, 11) is 0. The van der Waals surface area contributed by atoms with Gasteiger partial charge in [0, 0.05) is 5.39 Å². The van der Waals surface area contributed by atoms with Crippen LogP contribution in [0.1, 0.15) is 18.2 Å². The third-order valence-electron chi connectivity index (χ3n) is 3.34. The normalized spacial score (nSPS) is 14.2. The molecule has 0 bridgehead atoms. The van der Waals surface area contributed by atoms with Gasteiger partial charge in [0.15, 0.2) is 0 Å². The maximum absolute atomic E-state index is 10.9. The molecule has 19 heavy (non-hydrogen) atoms. The molecule has 0 aliphatic carbocycles. The Morgan fingerprint density at radius 2 is 1.58 bits per heavy atom. The number of benzene rings is 2. The van der Waals surface area contributed by atoms with Gasteiger partial charge >= 0.3 is 0 Å². The highest BCUT2D eigenvalue weighted by Gasteiger charge is 2.28. The minimum atomic E-state index is -1.14. The van der Waals surface area contributed by atoms with Crippen LogP contribution in [0.4, 0.5) is 0 Å². The van der Waals surface area contributed by atoms with Gasteiger partial charge in [-0.3, -0.25) is 0 Å². The predicted octanol–water partition coefficient (Wildman–Crippen LogP) is 2.89. The molecule has 0 saturated heterocycles. The van der Waals surface area contributed by atoms with E-state index in [2.05, 4.69) is 9.97 Å². The van der Waals surface area contributed by atoms with E-state index < -0.39 is 5.60 Å². The molecule has 1 aromatic heterocycles. The number of aromatic nitrogens is 2. The quantitative estimate of drug-likeness (QED) is 0.760. The Hall–Kier alpha value is -2.26. The summed E-state index contributed by atoms with van der Waals surface area (Å²) in [5, 5.41) is 11.7. The number of fused-ring (bicyclic) bond motifs is 1. The molecule has 1 heterocycles. The van der Waals surface area contributed by atoms with Gasteiger partial charge in [0.25, 0.3) is 0 Å². The molecule has 94 valence electrons. The third kappa shape index (κ3) is 1.98. The van der Waals surface area contributed by atoms with E-state index in [4.69, 9.17) is 0 Å². The molecule has 3 heteroatoms. The zero-order valence-electron chi connectivity index (χ0n) is 10.6. The SMILES string of the molecule is CC(O)(c1ccccc1)c1ncnc2ccccc12. The smallest absolute Gasteiger partial charge is 0.129 e. The molecule has 3 rings (SSSR count). The van der Waals surface area contributed by atoms with Gasteiger partial charge in [-0.05, 0) is 18.6 Å². The van der Waals surface area contributed by atoms with Crippen LogP contribution in [-0.2, 0) is 5.60 Å². The first kappa shape index (κ1) is 11.8. The summed E-state index contributed by atoms with van der Waals surface area (Å²) in [5.74, 6) is 0. The summed E-state index contributed by atoms with van der Waals surface area (Å²) in [6.45, 7) is 1.76. The molecule has 3 aromatic rings. The molecule has 0 fully saturated rings. The molecule has 1 atom stereocenters. The van der Waals surface area contributed by atoms with Gasteiger partial charge in [-0.2, -0.15) is 0 Å². The maximum Gasteiger partial charge on any atom is 0.129 e. The monoisotopic (exact) mass is 250 g/mol. The van der Waals surface area contributed by atoms with Crippen LogP contribution in [0.15, 0.2) is 60.9 Å². The van der Waals surface area contributed by atoms with Crippen LogP contribution in [0, 0.1) is 0 Å². The molecule has 1 N–H and O–H groups in total. The minimum Gasteiger partial charge on any atom is -0.379 e. The van der Waals surface area contributed by atoms with Gasteiger partial charge < -0.3 is 5.11 Å². The number of aliphatic hydroxyl groups is 1. The molecular weight excluding hydrogens is 236 g/mol. The lowest BCUT2D eigenvalue weighted by Crippen LogP contribution is -2.24. The highest BCUT2D eigenvalue weighted by atomic mass is 16.3. The largest absolute Gasteiger partial charge is 0.379 e. The van der Waals surface area contributed by atoms with Crippen LogP contribution >= 0.6 is 0 Å². The first-order chi connectivity index (χ1) is 9.19. The second kappa shape index (κ2) is 4.44. The lowest BCUT2D eigenvalue weighted by atomic mass is 9.90. The first-order valence-corrected chi connectivity index (χ1v) is 6.18. The van der Waals surface area contributed by atoms with Crippen molar-refractivity contribution in [1.82, 2.24) is 9.97 Å². The van der Waals surface area contributed by atoms with E-state index in [1.54, 1.807) is 6.92 Å². The lowest BCUT2D eigenvalue weighted by Gasteiger charge is -2.24. The summed E-state index contributed by atoms with van der Waals surface area (Å²) < 4.78 is 0. The Balaban J connectivity index is 2.24. The zero-order valence-corrected chi connectivity index (χ0v) is 10.6. The lowest BCUT2D eigenvalue weighted by molar-refractivity contribution is 0.0990. The van der Waals surface area contributed by atoms with Gasteiger partial charge in [0.2, 0.25) is 0 Å². The van der Waals surface area contributed by atoms with Crippen molar-refractivity contribution in [3.05, 3.63) is 72.2 Å². The second-order valence-corrected chi connectivity index (χ2v) is 4.68. The van der Waals surface area contributed by atoms with Crippen LogP contribution in [0.2, 0.25) is 0 Å². The summed E-state index contributed by atoms with van der Waals surface area (Å²) in [5.41, 5.74) is 1.15. The fourth-order valence-electron chi connectivity index (χ4n) is 2.29. The predicted molar refractivity (Wildman–Crippen MR) is 74.7 cm³/mol. The fraction of sp³-hybridized carbons (Fsp3) is 0.125. The molecule has 3 nitrogen and oxygen atoms in total. The number of rotatable bonds is 2. The van der Waals surface area contributed by atoms with E-state index in [1.807, 2.05) is 54.6 Å². The van der Waals surface area contributed by atoms with Gasteiger partial charge in [-0.1, -0.05) is 48.5 Å². The van der Waals surface area contributed by atoms with Crippen molar-refractivity contribution in [2.24, 2.45) is 0 Å². The second-order valence-electron chi connectivity index (χ2n) is 4.68. The van der Waals surface area contributed by atoms with E-state index in [-0.39, 0.29) is 0 Å². The van der Waals surface area contributed by atoms with Crippen molar-refractivity contribution >= 4 is 10.9 Å². The van der Waals surface area contributed by atoms with Crippen molar-refractivity contribution in [1.29, 1.82) is 0 Å². The Bertz CT molecular complexity index is 703. The standard InChI is InChI=1S/C16H14N2O/c1-16(19,12-7-3-2-4-8-12)15-13-9-5-6-10-14(13)17-11-18-15/h2-11,19H,1H3. The van der Waals surface area contributed by atoms with E-state index in [9.17, 15) is 5.11 Å². The summed E-state index contributed by atoms with van der Waals surface area (Å²) >= 11 is 0. The van der Waals surface area contributed by atoms with Gasteiger partial charge in [0.05, 0.1) is 11.2 Å². The molecule has 0 aliphatic rings. The van der Waals surface area contributed by atoms with Gasteiger partial charge in [0.1, 0.15) is 11.9 Å². The summed E-state index contributed by atoms with van der Waals surface area (Å²) in [4.78, 5) is 8.52. The van der Waals surface area contributed by atoms with Crippen LogP contribution in [0.5, 0.6) is 0 Å². The Labute approximate surface area is 111 Å². The van der Waals surface area contributed by atoms with Crippen molar-refractivity contribution in [2.75, 3.05) is 0 Å². The average Bonchev–Trinajstić information content (AvgIpc) is 2.47. The average molecular weight is 250 g/mol. The minimum absolute atomic E-state index is 0.629. The van der Waals surface area contributed by atoms with E-state index >= 15 is 0 Å². The zero-order chi connectivity index (χ0) is 13.3. The van der Waals surface area contributed by atoms with Crippen LogP contribution in [0.3, 0.4) is 0 Å². The van der Waals surface area contributed by atoms with Crippen LogP contribution in [0.25, 0.3) is 10.9 Å². The number of para-hydroxylation sites is 1. The molecule has 0 amide bonds. The molecule has 0 spiro atoms. The fourth-order valence-corrected chi connectivity index (χ4v) is 2.29. The van der Waals surface area contributed by atoms with Gasteiger partial charge in [-0.25, -0.2) is 9.97 Å². The van der Waals surface area contributed by atoms with Crippen LogP contribution in [-0.4, -0.2) is 15.1 Å². The Kier molecular flexibility index (Phi) is 2.76. The first-order valence-electron chi connectivity index (χ1n) is 6.18. The molecular formula is C16H14N2O.